The first-order valence-corrected chi connectivity index (χ1v) is 14.2. The molecule has 2 aliphatic rings. The van der Waals surface area contributed by atoms with Gasteiger partial charge in [0.05, 0.1) is 0 Å². The summed E-state index contributed by atoms with van der Waals surface area (Å²) in [6.45, 7) is 5.72. The summed E-state index contributed by atoms with van der Waals surface area (Å²) >= 11 is 0. The van der Waals surface area contributed by atoms with E-state index in [1.165, 1.54) is 37.7 Å². The van der Waals surface area contributed by atoms with Crippen molar-refractivity contribution in [1.29, 1.82) is 0 Å². The molecule has 2 amide bonds. The van der Waals surface area contributed by atoms with E-state index in [2.05, 4.69) is 42.0 Å². The molecule has 0 saturated carbocycles. The van der Waals surface area contributed by atoms with Crippen LogP contribution in [0.15, 0.2) is 42.5 Å². The maximum Gasteiger partial charge on any atom is 0.319 e. The number of benzene rings is 2. The standard InChI is InChI=1S/C29H39FN8O/c1-36-28(33-34-35-36)26-20-25(12-13-27(26)38-17-3-2-4-18-38)32-29(39)31-14-6-16-37-15-5-7-23(21-37)19-22-8-10-24(30)11-9-22/h8-13,20,23H,2-7,14-19,21H2,1H3,(H2,31,32,39). The summed E-state index contributed by atoms with van der Waals surface area (Å²) in [5, 5.41) is 18.0. The van der Waals surface area contributed by atoms with Gasteiger partial charge < -0.3 is 20.4 Å². The number of tetrazole rings is 1. The molecule has 9 nitrogen and oxygen atoms in total. The van der Waals surface area contributed by atoms with Gasteiger partial charge in [-0.3, -0.25) is 0 Å². The second-order valence-corrected chi connectivity index (χ2v) is 10.8. The first kappa shape index (κ1) is 27.1. The van der Waals surface area contributed by atoms with Gasteiger partial charge in [-0.05, 0) is 110 Å². The van der Waals surface area contributed by atoms with Gasteiger partial charge >= 0.3 is 6.03 Å². The second kappa shape index (κ2) is 13.0. The summed E-state index contributed by atoms with van der Waals surface area (Å²) in [5.74, 6) is 1.09. The number of hydrogen-bond acceptors (Lipinski definition) is 6. The van der Waals surface area contributed by atoms with Crippen LogP contribution >= 0.6 is 0 Å². The number of halogens is 1. The van der Waals surface area contributed by atoms with Gasteiger partial charge in [0.1, 0.15) is 5.82 Å². The van der Waals surface area contributed by atoms with Gasteiger partial charge in [-0.15, -0.1) is 5.10 Å². The maximum atomic E-state index is 13.2. The van der Waals surface area contributed by atoms with Gasteiger partial charge in [0, 0.05) is 50.2 Å². The highest BCUT2D eigenvalue weighted by Crippen LogP contribution is 2.33. The number of carbonyl (C=O) groups is 1. The van der Waals surface area contributed by atoms with Crippen molar-refractivity contribution in [2.24, 2.45) is 13.0 Å². The van der Waals surface area contributed by atoms with Gasteiger partial charge in [-0.25, -0.2) is 13.9 Å². The molecule has 2 N–H and O–H groups in total. The van der Waals surface area contributed by atoms with E-state index in [4.69, 9.17) is 0 Å². The van der Waals surface area contributed by atoms with Crippen LogP contribution in [0, 0.1) is 11.7 Å². The van der Waals surface area contributed by atoms with Crippen LogP contribution in [-0.2, 0) is 13.5 Å². The summed E-state index contributed by atoms with van der Waals surface area (Å²) in [5.41, 5.74) is 3.93. The third kappa shape index (κ3) is 7.32. The number of aryl methyl sites for hydroxylation is 1. The zero-order valence-corrected chi connectivity index (χ0v) is 22.8. The van der Waals surface area contributed by atoms with E-state index >= 15 is 0 Å². The lowest BCUT2D eigenvalue weighted by Gasteiger charge is -2.32. The molecule has 1 aromatic heterocycles. The van der Waals surface area contributed by atoms with Crippen molar-refractivity contribution in [3.05, 3.63) is 53.8 Å². The van der Waals surface area contributed by atoms with Crippen molar-refractivity contribution >= 4 is 17.4 Å². The van der Waals surface area contributed by atoms with Gasteiger partial charge in [0.2, 0.25) is 0 Å². The second-order valence-electron chi connectivity index (χ2n) is 10.8. The molecule has 2 saturated heterocycles. The Morgan fingerprint density at radius 2 is 1.87 bits per heavy atom. The molecule has 0 aliphatic carbocycles. The van der Waals surface area contributed by atoms with E-state index in [9.17, 15) is 9.18 Å². The number of likely N-dealkylation sites (tertiary alicyclic amines) is 1. The van der Waals surface area contributed by atoms with Gasteiger partial charge in [-0.1, -0.05) is 12.1 Å². The Bertz CT molecular complexity index is 1220. The number of amides is 2. The van der Waals surface area contributed by atoms with Gasteiger partial charge in [0.25, 0.3) is 0 Å². The van der Waals surface area contributed by atoms with E-state index in [1.807, 2.05) is 31.3 Å². The number of carbonyl (C=O) groups excluding carboxylic acids is 1. The van der Waals surface area contributed by atoms with Crippen LogP contribution in [0.5, 0.6) is 0 Å². The molecule has 1 unspecified atom stereocenters. The summed E-state index contributed by atoms with van der Waals surface area (Å²) in [6.07, 6.45) is 7.86. The number of nitrogens with zero attached hydrogens (tertiary/aromatic N) is 6. The predicted molar refractivity (Wildman–Crippen MR) is 151 cm³/mol. The van der Waals surface area contributed by atoms with E-state index in [0.29, 0.717) is 24.0 Å². The lowest BCUT2D eigenvalue weighted by atomic mass is 9.91. The topological polar surface area (TPSA) is 91.2 Å². The summed E-state index contributed by atoms with van der Waals surface area (Å²) in [7, 11) is 1.83. The van der Waals surface area contributed by atoms with Gasteiger partial charge in [-0.2, -0.15) is 0 Å². The molecule has 3 aromatic rings. The van der Waals surface area contributed by atoms with E-state index < -0.39 is 0 Å². The van der Waals surface area contributed by atoms with Crippen LogP contribution in [0.4, 0.5) is 20.6 Å². The van der Waals surface area contributed by atoms with E-state index in [-0.39, 0.29) is 11.8 Å². The predicted octanol–water partition coefficient (Wildman–Crippen LogP) is 4.47. The average Bonchev–Trinajstić information content (AvgIpc) is 3.39. The SMILES string of the molecule is Cn1nnnc1-c1cc(NC(=O)NCCCN2CCCC(Cc3ccc(F)cc3)C2)ccc1N1CCCCC1. The molecule has 5 rings (SSSR count). The molecule has 1 atom stereocenters. The molecule has 2 aromatic carbocycles. The van der Waals surface area contributed by atoms with Gasteiger partial charge in [0.15, 0.2) is 5.82 Å². The number of piperidine rings is 2. The van der Waals surface area contributed by atoms with E-state index in [0.717, 1.165) is 56.8 Å². The Morgan fingerprint density at radius 1 is 1.05 bits per heavy atom. The number of hydrogen-bond donors (Lipinski definition) is 2. The number of aromatic nitrogens is 4. The average molecular weight is 535 g/mol. The van der Waals surface area contributed by atoms with Crippen molar-refractivity contribution in [3.63, 3.8) is 0 Å². The largest absolute Gasteiger partial charge is 0.371 e. The van der Waals surface area contributed by atoms with Crippen molar-refractivity contribution in [3.8, 4) is 11.4 Å². The molecular weight excluding hydrogens is 495 g/mol. The Morgan fingerprint density at radius 3 is 2.64 bits per heavy atom. The van der Waals surface area contributed by atoms with Crippen LogP contribution in [-0.4, -0.2) is 70.4 Å². The molecule has 39 heavy (non-hydrogen) atoms. The molecule has 0 spiro atoms. The lowest BCUT2D eigenvalue weighted by Crippen LogP contribution is -2.38. The highest BCUT2D eigenvalue weighted by atomic mass is 19.1. The molecular formula is C29H39FN8O. The summed E-state index contributed by atoms with van der Waals surface area (Å²) in [4.78, 5) is 17.5. The zero-order chi connectivity index (χ0) is 27.0. The fraction of sp³-hybridized carbons (Fsp3) is 0.517. The molecule has 0 bridgehead atoms. The summed E-state index contributed by atoms with van der Waals surface area (Å²) in [6, 6.07) is 12.6. The fourth-order valence-electron chi connectivity index (χ4n) is 5.82. The molecule has 208 valence electrons. The first-order chi connectivity index (χ1) is 19.0. The highest BCUT2D eigenvalue weighted by Gasteiger charge is 2.21. The molecule has 2 aliphatic heterocycles. The minimum absolute atomic E-state index is 0.182. The third-order valence-corrected chi connectivity index (χ3v) is 7.79. The lowest BCUT2D eigenvalue weighted by molar-refractivity contribution is 0.172. The van der Waals surface area contributed by atoms with Crippen molar-refractivity contribution in [2.45, 2.75) is 44.9 Å². The Kier molecular flexibility index (Phi) is 9.03. The van der Waals surface area contributed by atoms with Crippen LogP contribution in [0.3, 0.4) is 0 Å². The van der Waals surface area contributed by atoms with Crippen molar-refractivity contribution in [2.75, 3.05) is 49.5 Å². The van der Waals surface area contributed by atoms with Crippen LogP contribution in [0.1, 0.15) is 44.1 Å². The minimum Gasteiger partial charge on any atom is -0.371 e. The fourth-order valence-corrected chi connectivity index (χ4v) is 5.82. The normalized spacial score (nSPS) is 18.2. The van der Waals surface area contributed by atoms with Crippen molar-refractivity contribution < 1.29 is 9.18 Å². The zero-order valence-electron chi connectivity index (χ0n) is 22.8. The molecule has 3 heterocycles. The number of rotatable bonds is 9. The molecule has 2 fully saturated rings. The number of anilines is 2. The summed E-state index contributed by atoms with van der Waals surface area (Å²) < 4.78 is 14.9. The quantitative estimate of drug-likeness (QED) is 0.394. The Hall–Kier alpha value is -3.53. The van der Waals surface area contributed by atoms with Crippen LogP contribution in [0.25, 0.3) is 11.4 Å². The smallest absolute Gasteiger partial charge is 0.319 e. The maximum absolute atomic E-state index is 13.2. The third-order valence-electron chi connectivity index (χ3n) is 7.79. The van der Waals surface area contributed by atoms with Crippen LogP contribution in [0.2, 0.25) is 0 Å². The number of urea groups is 1. The van der Waals surface area contributed by atoms with Crippen molar-refractivity contribution in [1.82, 2.24) is 30.4 Å². The Labute approximate surface area is 229 Å². The number of nitrogens with one attached hydrogen (secondary N) is 2. The molecule has 0 radical (unpaired) electrons. The van der Waals surface area contributed by atoms with Crippen LogP contribution < -0.4 is 15.5 Å². The monoisotopic (exact) mass is 534 g/mol. The molecule has 10 heteroatoms. The Balaban J connectivity index is 1.10. The first-order valence-electron chi connectivity index (χ1n) is 14.2. The van der Waals surface area contributed by atoms with E-state index in [1.54, 1.807) is 16.8 Å². The minimum atomic E-state index is -0.212. The highest BCUT2D eigenvalue weighted by molar-refractivity contribution is 5.91.